The van der Waals surface area contributed by atoms with Crippen LogP contribution in [0.15, 0.2) is 66.7 Å². The lowest BCUT2D eigenvalue weighted by molar-refractivity contribution is -0.144. The van der Waals surface area contributed by atoms with Gasteiger partial charge in [0.25, 0.3) is 0 Å². The molecule has 0 fully saturated rings. The molecule has 1 atom stereocenters. The highest BCUT2D eigenvalue weighted by Gasteiger charge is 2.35. The summed E-state index contributed by atoms with van der Waals surface area (Å²) in [6.45, 7) is 10.3. The number of carboxylic acids is 1. The van der Waals surface area contributed by atoms with Crippen molar-refractivity contribution in [3.8, 4) is 11.5 Å². The highest BCUT2D eigenvalue weighted by atomic mass is 16.5. The zero-order valence-electron chi connectivity index (χ0n) is 23.6. The van der Waals surface area contributed by atoms with Gasteiger partial charge in [-0.2, -0.15) is 0 Å². The van der Waals surface area contributed by atoms with E-state index >= 15 is 0 Å². The molecular formula is C33H39NO5. The summed E-state index contributed by atoms with van der Waals surface area (Å²) in [5.41, 5.74) is 4.97. The average molecular weight is 530 g/mol. The van der Waals surface area contributed by atoms with Gasteiger partial charge in [-0.25, -0.2) is 0 Å². The normalized spacial score (nSPS) is 16.2. The number of rotatable bonds is 11. The van der Waals surface area contributed by atoms with Gasteiger partial charge < -0.3 is 19.5 Å². The zero-order valence-corrected chi connectivity index (χ0v) is 23.6. The van der Waals surface area contributed by atoms with Crippen LogP contribution in [0.4, 0.5) is 0 Å². The van der Waals surface area contributed by atoms with Crippen molar-refractivity contribution in [2.45, 2.75) is 78.0 Å². The van der Waals surface area contributed by atoms with Gasteiger partial charge in [0.2, 0.25) is 5.91 Å². The fourth-order valence-corrected chi connectivity index (χ4v) is 5.08. The lowest BCUT2D eigenvalue weighted by Gasteiger charge is -2.24. The van der Waals surface area contributed by atoms with Gasteiger partial charge in [0.1, 0.15) is 23.6 Å². The lowest BCUT2D eigenvalue weighted by Crippen LogP contribution is -2.36. The fourth-order valence-electron chi connectivity index (χ4n) is 5.08. The van der Waals surface area contributed by atoms with Crippen molar-refractivity contribution in [3.05, 3.63) is 94.5 Å². The van der Waals surface area contributed by atoms with E-state index in [1.165, 1.54) is 16.0 Å². The molecule has 0 radical (unpaired) electrons. The standard InChI is InChI=1S/C33H39NO5/c1-22(2)27-11-6-24(7-12-27)18-33(5)19-28-16-26(10-15-30(28)39-33)17-31(35)34(21-32(36)37)20-25-8-13-29(14-9-25)38-23(3)4/h6-16,22-23H,17-21H2,1-5H3,(H,36,37)/t33-/m1/s1. The zero-order chi connectivity index (χ0) is 28.2. The first-order chi connectivity index (χ1) is 18.5. The van der Waals surface area contributed by atoms with E-state index in [9.17, 15) is 14.7 Å². The Balaban J connectivity index is 1.41. The minimum Gasteiger partial charge on any atom is -0.491 e. The third kappa shape index (κ3) is 7.62. The van der Waals surface area contributed by atoms with Crippen molar-refractivity contribution < 1.29 is 24.2 Å². The molecule has 1 aliphatic rings. The van der Waals surface area contributed by atoms with Crippen LogP contribution in [0.1, 0.15) is 68.4 Å². The van der Waals surface area contributed by atoms with Crippen molar-refractivity contribution in [1.29, 1.82) is 0 Å². The van der Waals surface area contributed by atoms with Crippen LogP contribution in [0, 0.1) is 0 Å². The second-order valence-corrected chi connectivity index (χ2v) is 11.4. The molecule has 3 aromatic rings. The molecule has 1 heterocycles. The number of nitrogens with zero attached hydrogens (tertiary/aromatic N) is 1. The van der Waals surface area contributed by atoms with Crippen LogP contribution in [0.5, 0.6) is 11.5 Å². The molecule has 0 unspecified atom stereocenters. The van der Waals surface area contributed by atoms with Crippen molar-refractivity contribution >= 4 is 11.9 Å². The topological polar surface area (TPSA) is 76.1 Å². The van der Waals surface area contributed by atoms with Crippen LogP contribution in [0.3, 0.4) is 0 Å². The molecule has 4 rings (SSSR count). The van der Waals surface area contributed by atoms with Gasteiger partial charge >= 0.3 is 5.97 Å². The van der Waals surface area contributed by atoms with Crippen molar-refractivity contribution in [2.24, 2.45) is 0 Å². The van der Waals surface area contributed by atoms with Crippen LogP contribution in [0.2, 0.25) is 0 Å². The summed E-state index contributed by atoms with van der Waals surface area (Å²) in [6.07, 6.45) is 1.73. The van der Waals surface area contributed by atoms with Crippen molar-refractivity contribution in [2.75, 3.05) is 6.54 Å². The molecule has 1 N–H and O–H groups in total. The quantitative estimate of drug-likeness (QED) is 0.321. The molecule has 0 saturated heterocycles. The maximum Gasteiger partial charge on any atom is 0.323 e. The van der Waals surface area contributed by atoms with E-state index in [-0.39, 0.29) is 37.1 Å². The number of ether oxygens (including phenoxy) is 2. The molecule has 0 aliphatic carbocycles. The van der Waals surface area contributed by atoms with Crippen LogP contribution in [-0.4, -0.2) is 40.1 Å². The number of benzene rings is 3. The molecule has 0 bridgehead atoms. The lowest BCUT2D eigenvalue weighted by atomic mass is 9.90. The van der Waals surface area contributed by atoms with Gasteiger partial charge in [0, 0.05) is 19.4 Å². The third-order valence-electron chi connectivity index (χ3n) is 6.97. The van der Waals surface area contributed by atoms with Gasteiger partial charge in [0.05, 0.1) is 12.5 Å². The van der Waals surface area contributed by atoms with E-state index in [2.05, 4.69) is 45.0 Å². The SMILES string of the molecule is CC(C)Oc1ccc(CN(CC(=O)O)C(=O)Cc2ccc3c(c2)C[C@@](C)(Cc2ccc(C(C)C)cc2)O3)cc1. The first kappa shape index (κ1) is 28.2. The molecule has 1 amide bonds. The summed E-state index contributed by atoms with van der Waals surface area (Å²) in [4.78, 5) is 26.1. The summed E-state index contributed by atoms with van der Waals surface area (Å²) >= 11 is 0. The summed E-state index contributed by atoms with van der Waals surface area (Å²) < 4.78 is 12.0. The molecule has 39 heavy (non-hydrogen) atoms. The summed E-state index contributed by atoms with van der Waals surface area (Å²) in [6, 6.07) is 22.0. The van der Waals surface area contributed by atoms with E-state index in [0.29, 0.717) is 5.92 Å². The van der Waals surface area contributed by atoms with E-state index in [1.807, 2.05) is 56.3 Å². The Bertz CT molecular complexity index is 1300. The second kappa shape index (κ2) is 11.9. The number of amides is 1. The fraction of sp³-hybridized carbons (Fsp3) is 0.394. The predicted octanol–water partition coefficient (Wildman–Crippen LogP) is 6.19. The number of carboxylic acid groups (broad SMARTS) is 1. The largest absolute Gasteiger partial charge is 0.491 e. The van der Waals surface area contributed by atoms with Crippen molar-refractivity contribution in [1.82, 2.24) is 4.90 Å². The maximum atomic E-state index is 13.2. The minimum absolute atomic E-state index is 0.0628. The van der Waals surface area contributed by atoms with E-state index in [0.717, 1.165) is 41.0 Å². The number of hydrogen-bond donors (Lipinski definition) is 1. The van der Waals surface area contributed by atoms with Crippen molar-refractivity contribution in [3.63, 3.8) is 0 Å². The molecule has 1 aliphatic heterocycles. The van der Waals surface area contributed by atoms with Gasteiger partial charge in [-0.15, -0.1) is 0 Å². The Hall–Kier alpha value is -3.80. The molecule has 0 spiro atoms. The van der Waals surface area contributed by atoms with Gasteiger partial charge in [0.15, 0.2) is 0 Å². The highest BCUT2D eigenvalue weighted by molar-refractivity contribution is 5.83. The summed E-state index contributed by atoms with van der Waals surface area (Å²) in [5, 5.41) is 9.44. The number of fused-ring (bicyclic) bond motifs is 1. The van der Waals surface area contributed by atoms with Crippen LogP contribution in [-0.2, 0) is 35.4 Å². The van der Waals surface area contributed by atoms with Gasteiger partial charge in [-0.1, -0.05) is 62.4 Å². The van der Waals surface area contributed by atoms with Gasteiger partial charge in [-0.05, 0) is 72.7 Å². The molecule has 0 aromatic heterocycles. The Morgan fingerprint density at radius 3 is 2.21 bits per heavy atom. The molecular weight excluding hydrogens is 490 g/mol. The summed E-state index contributed by atoms with van der Waals surface area (Å²) in [5.74, 6) is 0.817. The molecule has 3 aromatic carbocycles. The molecule has 0 saturated carbocycles. The molecule has 6 heteroatoms. The van der Waals surface area contributed by atoms with E-state index in [4.69, 9.17) is 9.47 Å². The van der Waals surface area contributed by atoms with Crippen LogP contribution >= 0.6 is 0 Å². The monoisotopic (exact) mass is 529 g/mol. The molecule has 206 valence electrons. The highest BCUT2D eigenvalue weighted by Crippen LogP contribution is 2.37. The first-order valence-corrected chi connectivity index (χ1v) is 13.6. The Kier molecular flexibility index (Phi) is 8.63. The van der Waals surface area contributed by atoms with Crippen LogP contribution < -0.4 is 9.47 Å². The number of hydrogen-bond acceptors (Lipinski definition) is 4. The minimum atomic E-state index is -1.04. The number of carbonyl (C=O) groups is 2. The predicted molar refractivity (Wildman–Crippen MR) is 152 cm³/mol. The first-order valence-electron chi connectivity index (χ1n) is 13.6. The smallest absolute Gasteiger partial charge is 0.323 e. The van der Waals surface area contributed by atoms with Crippen LogP contribution in [0.25, 0.3) is 0 Å². The third-order valence-corrected chi connectivity index (χ3v) is 6.97. The Labute approximate surface area is 231 Å². The Morgan fingerprint density at radius 2 is 1.59 bits per heavy atom. The average Bonchev–Trinajstić information content (AvgIpc) is 3.19. The number of carbonyl (C=O) groups excluding carboxylic acids is 1. The second-order valence-electron chi connectivity index (χ2n) is 11.4. The van der Waals surface area contributed by atoms with E-state index < -0.39 is 5.97 Å². The molecule has 6 nitrogen and oxygen atoms in total. The van der Waals surface area contributed by atoms with E-state index in [1.54, 1.807) is 0 Å². The van der Waals surface area contributed by atoms with Gasteiger partial charge in [-0.3, -0.25) is 9.59 Å². The maximum absolute atomic E-state index is 13.2. The Morgan fingerprint density at radius 1 is 0.949 bits per heavy atom. The number of aliphatic carboxylic acids is 1. The summed E-state index contributed by atoms with van der Waals surface area (Å²) in [7, 11) is 0.